The van der Waals surface area contributed by atoms with Gasteiger partial charge in [-0.05, 0) is 18.7 Å². The molecule has 0 radical (unpaired) electrons. The standard InChI is InChI=1S/C3H8S.HI/c1-3-4-2;/h3H2,1-2H3;1H. The normalized spacial score (nSPS) is 6.00. The Morgan fingerprint density at radius 3 is 1.80 bits per heavy atom. The topological polar surface area (TPSA) is 0 Å². The summed E-state index contributed by atoms with van der Waals surface area (Å²) in [7, 11) is 0. The van der Waals surface area contributed by atoms with Crippen molar-refractivity contribution in [1.82, 2.24) is 0 Å². The minimum atomic E-state index is 0. The lowest BCUT2D eigenvalue weighted by Crippen LogP contribution is -3.00. The molecule has 0 aliphatic heterocycles. The second-order valence-corrected chi connectivity index (χ2v) is 1.90. The first-order valence-electron chi connectivity index (χ1n) is 1.47. The maximum Gasteiger partial charge on any atom is 0.102 e. The van der Waals surface area contributed by atoms with Gasteiger partial charge in [-0.2, -0.15) is 0 Å². The van der Waals surface area contributed by atoms with Crippen LogP contribution in [0.15, 0.2) is 0 Å². The van der Waals surface area contributed by atoms with Crippen LogP contribution < -0.4 is 24.0 Å². The van der Waals surface area contributed by atoms with Crippen LogP contribution in [0.25, 0.3) is 0 Å². The van der Waals surface area contributed by atoms with Crippen LogP contribution in [0.3, 0.4) is 0 Å². The molecule has 0 saturated carbocycles. The van der Waals surface area contributed by atoms with E-state index < -0.39 is 0 Å². The highest BCUT2D eigenvalue weighted by atomic mass is 127. The van der Waals surface area contributed by atoms with Crippen LogP contribution >= 0.6 is 0 Å². The largest absolute Gasteiger partial charge is 1.00 e. The molecule has 0 heterocycles. The summed E-state index contributed by atoms with van der Waals surface area (Å²) in [5.41, 5.74) is 0. The van der Waals surface area contributed by atoms with Crippen molar-refractivity contribution in [2.45, 2.75) is 6.92 Å². The van der Waals surface area contributed by atoms with E-state index in [0.29, 0.717) is 0 Å². The van der Waals surface area contributed by atoms with E-state index >= 15 is 0 Å². The van der Waals surface area contributed by atoms with Gasteiger partial charge in [0.1, 0.15) is 5.75 Å². The van der Waals surface area contributed by atoms with E-state index in [1.807, 2.05) is 0 Å². The van der Waals surface area contributed by atoms with E-state index in [9.17, 15) is 0 Å². The lowest BCUT2D eigenvalue weighted by Gasteiger charge is -1.58. The molecule has 34 valence electrons. The van der Waals surface area contributed by atoms with Crippen molar-refractivity contribution in [1.29, 1.82) is 0 Å². The molecule has 0 aromatic rings. The zero-order valence-electron chi connectivity index (χ0n) is 3.53. The second kappa shape index (κ2) is 8.91. The Morgan fingerprint density at radius 1 is 1.60 bits per heavy atom. The summed E-state index contributed by atoms with van der Waals surface area (Å²) < 4.78 is 0. The van der Waals surface area contributed by atoms with E-state index in [0.717, 1.165) is 0 Å². The van der Waals surface area contributed by atoms with Crippen molar-refractivity contribution < 1.29 is 24.0 Å². The molecule has 0 saturated heterocycles. The average molecular weight is 204 g/mol. The summed E-state index contributed by atoms with van der Waals surface area (Å²) in [6.45, 7) is 2.17. The summed E-state index contributed by atoms with van der Waals surface area (Å²) in [4.78, 5) is 0. The van der Waals surface area contributed by atoms with Crippen molar-refractivity contribution in [2.75, 3.05) is 12.0 Å². The lowest BCUT2D eigenvalue weighted by molar-refractivity contribution is -0.000000938. The molecule has 0 bridgehead atoms. The predicted molar refractivity (Wildman–Crippen MR) is 25.2 cm³/mol. The molecule has 0 aliphatic rings. The van der Waals surface area contributed by atoms with Crippen LogP contribution in [-0.4, -0.2) is 12.0 Å². The third-order valence-electron chi connectivity index (χ3n) is 0.316. The fourth-order valence-corrected chi connectivity index (χ4v) is 0. The van der Waals surface area contributed by atoms with Gasteiger partial charge < -0.3 is 24.0 Å². The van der Waals surface area contributed by atoms with Crippen LogP contribution in [0.1, 0.15) is 6.92 Å². The lowest BCUT2D eigenvalue weighted by atomic mass is 11.0. The Morgan fingerprint density at radius 2 is 1.80 bits per heavy atom. The van der Waals surface area contributed by atoms with E-state index in [1.165, 1.54) is 17.5 Å². The Labute approximate surface area is 54.7 Å². The first-order chi connectivity index (χ1) is 1.91. The van der Waals surface area contributed by atoms with E-state index in [4.69, 9.17) is 0 Å². The predicted octanol–water partition coefficient (Wildman–Crippen LogP) is -2.54. The molecule has 0 aromatic heterocycles. The third kappa shape index (κ3) is 11.1. The molecule has 0 unspecified atom stereocenters. The smallest absolute Gasteiger partial charge is 0.102 e. The van der Waals surface area contributed by atoms with Gasteiger partial charge in [0.2, 0.25) is 0 Å². The fourth-order valence-electron chi connectivity index (χ4n) is 0. The van der Waals surface area contributed by atoms with Crippen LogP contribution in [0.5, 0.6) is 0 Å². The number of halogens is 1. The van der Waals surface area contributed by atoms with Gasteiger partial charge in [0.25, 0.3) is 0 Å². The molecule has 0 N–H and O–H groups in total. The number of hydrogen-bond donors (Lipinski definition) is 0. The van der Waals surface area contributed by atoms with Crippen LogP contribution in [0.2, 0.25) is 0 Å². The maximum absolute atomic E-state index is 2.17. The first kappa shape index (κ1) is 9.43. The van der Waals surface area contributed by atoms with Gasteiger partial charge in [-0.25, -0.2) is 0 Å². The molecule has 5 heavy (non-hydrogen) atoms. The van der Waals surface area contributed by atoms with Crippen molar-refractivity contribution in [3.8, 4) is 0 Å². The van der Waals surface area contributed by atoms with Gasteiger partial charge >= 0.3 is 0 Å². The Kier molecular flexibility index (Phi) is 16.8. The Hall–Kier alpha value is 1.08. The Balaban J connectivity index is 0. The molecule has 0 spiro atoms. The van der Waals surface area contributed by atoms with Gasteiger partial charge in [-0.3, -0.25) is 0 Å². The molecule has 0 fully saturated rings. The first-order valence-corrected chi connectivity index (χ1v) is 3.00. The van der Waals surface area contributed by atoms with E-state index in [1.54, 1.807) is 0 Å². The minimum absolute atomic E-state index is 0. The summed E-state index contributed by atoms with van der Waals surface area (Å²) in [6, 6.07) is 0. The summed E-state index contributed by atoms with van der Waals surface area (Å²) >= 11 is 1.50. The zero-order valence-corrected chi connectivity index (χ0v) is 6.58. The van der Waals surface area contributed by atoms with E-state index in [2.05, 4.69) is 13.2 Å². The molecule has 0 aromatic carbocycles. The summed E-state index contributed by atoms with van der Waals surface area (Å²) in [6.07, 6.45) is 2.15. The van der Waals surface area contributed by atoms with Crippen LogP contribution in [0.4, 0.5) is 0 Å². The molecule has 0 atom stereocenters. The molecular formula is C3H9IS. The number of rotatable bonds is 1. The van der Waals surface area contributed by atoms with Crippen molar-refractivity contribution in [3.63, 3.8) is 0 Å². The summed E-state index contributed by atoms with van der Waals surface area (Å²) in [5, 5.41) is 0. The van der Waals surface area contributed by atoms with Gasteiger partial charge in [0, 0.05) is 0 Å². The van der Waals surface area contributed by atoms with Gasteiger partial charge in [-0.15, -0.1) is 0 Å². The molecule has 0 aliphatic carbocycles. The number of hydrogen-bond acceptors (Lipinski definition) is 0. The highest BCUT2D eigenvalue weighted by Crippen LogP contribution is 1.54. The Bertz CT molecular complexity index is 8.85. The summed E-state index contributed by atoms with van der Waals surface area (Å²) in [5.74, 6) is 1.29. The van der Waals surface area contributed by atoms with Gasteiger partial charge in [0.15, 0.2) is 0 Å². The second-order valence-electron chi connectivity index (χ2n) is 0.632. The fraction of sp³-hybridized carbons (Fsp3) is 1.00. The highest BCUT2D eigenvalue weighted by Gasteiger charge is 1.66. The average Bonchev–Trinajstić information content (AvgIpc) is 1.37. The third-order valence-corrected chi connectivity index (χ3v) is 0.949. The molecule has 0 amide bonds. The van der Waals surface area contributed by atoms with Gasteiger partial charge in [-0.1, -0.05) is 0 Å². The van der Waals surface area contributed by atoms with Crippen LogP contribution in [0, 0.1) is 0 Å². The maximum atomic E-state index is 2.17. The SMILES string of the molecule is CC[SH+]C.[I-]. The monoisotopic (exact) mass is 204 g/mol. The van der Waals surface area contributed by atoms with Crippen molar-refractivity contribution >= 4 is 11.8 Å². The van der Waals surface area contributed by atoms with E-state index in [-0.39, 0.29) is 24.0 Å². The molecule has 0 rings (SSSR count). The van der Waals surface area contributed by atoms with Crippen molar-refractivity contribution in [2.24, 2.45) is 0 Å². The number of thiol groups is 1. The highest BCUT2D eigenvalue weighted by molar-refractivity contribution is 7.77. The van der Waals surface area contributed by atoms with Gasteiger partial charge in [0.05, 0.1) is 6.26 Å². The van der Waals surface area contributed by atoms with Crippen molar-refractivity contribution in [3.05, 3.63) is 0 Å². The molecular weight excluding hydrogens is 195 g/mol. The molecule has 0 nitrogen and oxygen atoms in total. The minimum Gasteiger partial charge on any atom is -1.00 e. The quantitative estimate of drug-likeness (QED) is 0.251. The zero-order chi connectivity index (χ0) is 3.41. The van der Waals surface area contributed by atoms with Crippen LogP contribution in [-0.2, 0) is 11.8 Å². The molecule has 2 heteroatoms.